The lowest BCUT2D eigenvalue weighted by Crippen LogP contribution is -2.39. The van der Waals surface area contributed by atoms with Gasteiger partial charge in [0.1, 0.15) is 5.69 Å². The van der Waals surface area contributed by atoms with E-state index in [0.717, 1.165) is 44.7 Å². The summed E-state index contributed by atoms with van der Waals surface area (Å²) in [5, 5.41) is 0. The molecule has 25 heavy (non-hydrogen) atoms. The van der Waals surface area contributed by atoms with Crippen molar-refractivity contribution in [3.63, 3.8) is 0 Å². The molecule has 3 heterocycles. The first-order chi connectivity index (χ1) is 12.2. The number of pyridine rings is 1. The Kier molecular flexibility index (Phi) is 4.43. The molecule has 1 amide bonds. The molecule has 1 unspecified atom stereocenters. The molecule has 0 aliphatic carbocycles. The van der Waals surface area contributed by atoms with Crippen LogP contribution in [-0.4, -0.2) is 35.4 Å². The molecule has 0 radical (unpaired) electrons. The number of benzene rings is 1. The molecular formula is C21H25N3O. The van der Waals surface area contributed by atoms with E-state index < -0.39 is 0 Å². The van der Waals surface area contributed by atoms with Crippen LogP contribution in [0.15, 0.2) is 42.6 Å². The van der Waals surface area contributed by atoms with Crippen LogP contribution < -0.4 is 4.90 Å². The molecule has 2 aliphatic rings. The van der Waals surface area contributed by atoms with E-state index in [1.54, 1.807) is 6.20 Å². The second-order valence-corrected chi connectivity index (χ2v) is 7.34. The van der Waals surface area contributed by atoms with E-state index in [1.165, 1.54) is 17.5 Å². The quantitative estimate of drug-likeness (QED) is 0.842. The fourth-order valence-electron chi connectivity index (χ4n) is 3.99. The van der Waals surface area contributed by atoms with E-state index in [9.17, 15) is 4.79 Å². The summed E-state index contributed by atoms with van der Waals surface area (Å²) < 4.78 is 0. The molecule has 1 fully saturated rings. The number of hydrogen-bond acceptors (Lipinski definition) is 3. The van der Waals surface area contributed by atoms with Crippen LogP contribution in [0.5, 0.6) is 0 Å². The standard InChI is InChI=1S/C21H25N3O/c1-16-5-4-11-24(14-16)21(25)20-13-19(8-10-22-20)23-12-9-17-6-2-3-7-18(17)15-23/h2-3,6-8,10,13,16H,4-5,9,11-12,14-15H2,1H3. The van der Waals surface area contributed by atoms with E-state index in [-0.39, 0.29) is 5.91 Å². The highest BCUT2D eigenvalue weighted by Gasteiger charge is 2.24. The molecular weight excluding hydrogens is 310 g/mol. The third kappa shape index (κ3) is 3.39. The van der Waals surface area contributed by atoms with Gasteiger partial charge in [-0.05, 0) is 48.4 Å². The molecule has 130 valence electrons. The molecule has 4 rings (SSSR count). The molecule has 0 bridgehead atoms. The maximum Gasteiger partial charge on any atom is 0.272 e. The highest BCUT2D eigenvalue weighted by Crippen LogP contribution is 2.25. The van der Waals surface area contributed by atoms with Crippen LogP contribution >= 0.6 is 0 Å². The average Bonchev–Trinajstić information content (AvgIpc) is 2.67. The number of anilines is 1. The zero-order valence-electron chi connectivity index (χ0n) is 14.8. The van der Waals surface area contributed by atoms with Gasteiger partial charge >= 0.3 is 0 Å². The molecule has 2 aromatic rings. The van der Waals surface area contributed by atoms with Gasteiger partial charge in [-0.1, -0.05) is 31.2 Å². The molecule has 1 atom stereocenters. The summed E-state index contributed by atoms with van der Waals surface area (Å²) >= 11 is 0. The van der Waals surface area contributed by atoms with Gasteiger partial charge in [0, 0.05) is 38.1 Å². The topological polar surface area (TPSA) is 36.4 Å². The van der Waals surface area contributed by atoms with Gasteiger partial charge < -0.3 is 9.80 Å². The largest absolute Gasteiger partial charge is 0.367 e. The minimum absolute atomic E-state index is 0.0748. The van der Waals surface area contributed by atoms with Crippen molar-refractivity contribution in [1.82, 2.24) is 9.88 Å². The van der Waals surface area contributed by atoms with Crippen molar-refractivity contribution in [2.75, 3.05) is 24.5 Å². The lowest BCUT2D eigenvalue weighted by Gasteiger charge is -2.32. The zero-order chi connectivity index (χ0) is 17.2. The molecule has 4 heteroatoms. The monoisotopic (exact) mass is 335 g/mol. The number of amides is 1. The number of nitrogens with zero attached hydrogens (tertiary/aromatic N) is 3. The van der Waals surface area contributed by atoms with Crippen LogP contribution in [0.4, 0.5) is 5.69 Å². The van der Waals surface area contributed by atoms with Crippen molar-refractivity contribution in [1.29, 1.82) is 0 Å². The summed E-state index contributed by atoms with van der Waals surface area (Å²) in [4.78, 5) is 21.5. The molecule has 1 saturated heterocycles. The van der Waals surface area contributed by atoms with Gasteiger partial charge in [-0.3, -0.25) is 9.78 Å². The molecule has 1 aromatic carbocycles. The normalized spacial score (nSPS) is 20.3. The van der Waals surface area contributed by atoms with Crippen LogP contribution in [0.25, 0.3) is 0 Å². The Labute approximate surface area is 149 Å². The molecule has 0 spiro atoms. The van der Waals surface area contributed by atoms with Gasteiger partial charge in [0.05, 0.1) is 0 Å². The lowest BCUT2D eigenvalue weighted by atomic mass is 9.99. The van der Waals surface area contributed by atoms with Gasteiger partial charge in [-0.25, -0.2) is 0 Å². The van der Waals surface area contributed by atoms with E-state index in [1.807, 2.05) is 17.0 Å². The van der Waals surface area contributed by atoms with E-state index >= 15 is 0 Å². The van der Waals surface area contributed by atoms with Crippen molar-refractivity contribution >= 4 is 11.6 Å². The fourth-order valence-corrected chi connectivity index (χ4v) is 3.99. The van der Waals surface area contributed by atoms with Gasteiger partial charge in [-0.2, -0.15) is 0 Å². The Balaban J connectivity index is 1.53. The van der Waals surface area contributed by atoms with Crippen LogP contribution in [0, 0.1) is 5.92 Å². The van der Waals surface area contributed by atoms with Gasteiger partial charge in [0.15, 0.2) is 0 Å². The minimum Gasteiger partial charge on any atom is -0.367 e. The van der Waals surface area contributed by atoms with Gasteiger partial charge in [0.2, 0.25) is 0 Å². The van der Waals surface area contributed by atoms with Crippen LogP contribution in [0.3, 0.4) is 0 Å². The second kappa shape index (κ2) is 6.87. The summed E-state index contributed by atoms with van der Waals surface area (Å²) in [6.45, 7) is 5.80. The van der Waals surface area contributed by atoms with Crippen LogP contribution in [-0.2, 0) is 13.0 Å². The molecule has 1 aromatic heterocycles. The number of hydrogen-bond donors (Lipinski definition) is 0. The number of aromatic nitrogens is 1. The van der Waals surface area contributed by atoms with Crippen molar-refractivity contribution in [2.45, 2.75) is 32.7 Å². The molecule has 2 aliphatic heterocycles. The predicted octanol–water partition coefficient (Wildman–Crippen LogP) is 3.52. The Morgan fingerprint density at radius 3 is 2.84 bits per heavy atom. The molecule has 4 nitrogen and oxygen atoms in total. The maximum atomic E-state index is 12.8. The predicted molar refractivity (Wildman–Crippen MR) is 99.7 cm³/mol. The van der Waals surface area contributed by atoms with Crippen molar-refractivity contribution < 1.29 is 4.79 Å². The van der Waals surface area contributed by atoms with Crippen LogP contribution in [0.1, 0.15) is 41.4 Å². The Hall–Kier alpha value is -2.36. The van der Waals surface area contributed by atoms with Crippen molar-refractivity contribution in [3.8, 4) is 0 Å². The zero-order valence-corrected chi connectivity index (χ0v) is 14.8. The minimum atomic E-state index is 0.0748. The first-order valence-corrected chi connectivity index (χ1v) is 9.28. The number of piperidine rings is 1. The SMILES string of the molecule is CC1CCCN(C(=O)c2cc(N3CCc4ccccc4C3)ccn2)C1. The van der Waals surface area contributed by atoms with Gasteiger partial charge in [0.25, 0.3) is 5.91 Å². The Morgan fingerprint density at radius 2 is 2.00 bits per heavy atom. The summed E-state index contributed by atoms with van der Waals surface area (Å²) in [6, 6.07) is 12.6. The first kappa shape index (κ1) is 16.1. The summed E-state index contributed by atoms with van der Waals surface area (Å²) in [6.07, 6.45) is 5.13. The fraction of sp³-hybridized carbons (Fsp3) is 0.429. The number of likely N-dealkylation sites (tertiary alicyclic amines) is 1. The van der Waals surface area contributed by atoms with E-state index in [2.05, 4.69) is 41.1 Å². The summed E-state index contributed by atoms with van der Waals surface area (Å²) in [7, 11) is 0. The van der Waals surface area contributed by atoms with Crippen molar-refractivity contribution in [3.05, 3.63) is 59.4 Å². The average molecular weight is 335 g/mol. The summed E-state index contributed by atoms with van der Waals surface area (Å²) in [5.41, 5.74) is 4.48. The van der Waals surface area contributed by atoms with Gasteiger partial charge in [-0.15, -0.1) is 0 Å². The maximum absolute atomic E-state index is 12.8. The smallest absolute Gasteiger partial charge is 0.272 e. The summed E-state index contributed by atoms with van der Waals surface area (Å²) in [5.74, 6) is 0.658. The second-order valence-electron chi connectivity index (χ2n) is 7.34. The van der Waals surface area contributed by atoms with E-state index in [0.29, 0.717) is 11.6 Å². The highest BCUT2D eigenvalue weighted by atomic mass is 16.2. The van der Waals surface area contributed by atoms with E-state index in [4.69, 9.17) is 0 Å². The molecule has 0 N–H and O–H groups in total. The first-order valence-electron chi connectivity index (χ1n) is 9.28. The number of carbonyl (C=O) groups is 1. The lowest BCUT2D eigenvalue weighted by molar-refractivity contribution is 0.0677. The van der Waals surface area contributed by atoms with Crippen molar-refractivity contribution in [2.24, 2.45) is 5.92 Å². The third-order valence-electron chi connectivity index (χ3n) is 5.40. The number of carbonyl (C=O) groups excluding carboxylic acids is 1. The number of rotatable bonds is 2. The number of fused-ring (bicyclic) bond motifs is 1. The third-order valence-corrected chi connectivity index (χ3v) is 5.40. The van der Waals surface area contributed by atoms with Crippen LogP contribution in [0.2, 0.25) is 0 Å². The Bertz CT molecular complexity index is 773. The highest BCUT2D eigenvalue weighted by molar-refractivity contribution is 5.93. The molecule has 0 saturated carbocycles. The Morgan fingerprint density at radius 1 is 1.16 bits per heavy atom.